The summed E-state index contributed by atoms with van der Waals surface area (Å²) >= 11 is 0. The summed E-state index contributed by atoms with van der Waals surface area (Å²) in [7, 11) is 0. The molecular weight excluding hydrogens is 425 g/mol. The first kappa shape index (κ1) is 18.5. The molecule has 0 N–H and O–H groups in total. The average Bonchev–Trinajstić information content (AvgIpc) is 2.75. The van der Waals surface area contributed by atoms with E-state index in [-0.39, 0.29) is 32.7 Å². The Balaban J connectivity index is 0.00000181. The van der Waals surface area contributed by atoms with Crippen molar-refractivity contribution in [3.8, 4) is 11.1 Å². The van der Waals surface area contributed by atoms with Gasteiger partial charge in [-0.05, 0) is 22.2 Å². The van der Waals surface area contributed by atoms with Crippen molar-refractivity contribution in [2.75, 3.05) is 0 Å². The van der Waals surface area contributed by atoms with Gasteiger partial charge in [0.15, 0.2) is 0 Å². The van der Waals surface area contributed by atoms with E-state index in [9.17, 15) is 0 Å². The SMILES string of the molecule is [Y].[c-]1ccc2ccccc2c1-c1[c-]c2cc3cc4ccccc4cc3cc2cc1. The molecule has 6 aromatic rings. The molecule has 0 atom stereocenters. The number of benzene rings is 6. The molecule has 0 aromatic heterocycles. The summed E-state index contributed by atoms with van der Waals surface area (Å²) in [5, 5.41) is 9.87. The fourth-order valence-corrected chi connectivity index (χ4v) is 4.15. The molecule has 0 fully saturated rings. The standard InChI is InChI=1S/C28H16.Y/c1-2-8-21-15-26-18-24-17-23(13-12-22(24)16-25(26)14-20(21)7-1)28-11-5-9-19-6-3-4-10-27(19)28;/h1-10,12-16,18H;/q-2;. The van der Waals surface area contributed by atoms with Gasteiger partial charge in [0.05, 0.1) is 0 Å². The van der Waals surface area contributed by atoms with Crippen LogP contribution in [0.15, 0.2) is 97.1 Å². The molecule has 0 aliphatic rings. The minimum Gasteiger partial charge on any atom is -0.202 e. The van der Waals surface area contributed by atoms with Crippen LogP contribution in [0, 0.1) is 12.1 Å². The molecule has 6 aromatic carbocycles. The summed E-state index contributed by atoms with van der Waals surface area (Å²) < 4.78 is 0. The minimum atomic E-state index is 0. The summed E-state index contributed by atoms with van der Waals surface area (Å²) in [6.45, 7) is 0. The van der Waals surface area contributed by atoms with Gasteiger partial charge in [-0.2, -0.15) is 29.8 Å². The number of hydrogen-bond donors (Lipinski definition) is 0. The van der Waals surface area contributed by atoms with Crippen LogP contribution < -0.4 is 0 Å². The zero-order valence-corrected chi connectivity index (χ0v) is 18.7. The molecule has 0 saturated heterocycles. The van der Waals surface area contributed by atoms with Crippen molar-refractivity contribution >= 4 is 43.1 Å². The van der Waals surface area contributed by atoms with E-state index in [2.05, 4.69) is 103 Å². The van der Waals surface area contributed by atoms with Crippen LogP contribution in [0.1, 0.15) is 0 Å². The molecule has 0 heterocycles. The largest absolute Gasteiger partial charge is 0.202 e. The Hall–Kier alpha value is -2.54. The van der Waals surface area contributed by atoms with E-state index in [0.29, 0.717) is 0 Å². The van der Waals surface area contributed by atoms with Crippen LogP contribution in [-0.4, -0.2) is 0 Å². The van der Waals surface area contributed by atoms with Gasteiger partial charge in [0.25, 0.3) is 0 Å². The van der Waals surface area contributed by atoms with Gasteiger partial charge < -0.3 is 0 Å². The first-order chi connectivity index (χ1) is 13.8. The van der Waals surface area contributed by atoms with E-state index in [1.807, 2.05) is 6.07 Å². The Morgan fingerprint density at radius 2 is 1.17 bits per heavy atom. The molecule has 29 heavy (non-hydrogen) atoms. The van der Waals surface area contributed by atoms with Crippen molar-refractivity contribution in [1.82, 2.24) is 0 Å². The Kier molecular flexibility index (Phi) is 4.70. The summed E-state index contributed by atoms with van der Waals surface area (Å²) in [5.74, 6) is 0. The maximum atomic E-state index is 3.64. The van der Waals surface area contributed by atoms with E-state index < -0.39 is 0 Å². The van der Waals surface area contributed by atoms with Crippen LogP contribution >= 0.6 is 0 Å². The molecule has 0 unspecified atom stereocenters. The Bertz CT molecular complexity index is 1510. The Morgan fingerprint density at radius 1 is 0.517 bits per heavy atom. The third-order valence-corrected chi connectivity index (χ3v) is 5.56. The van der Waals surface area contributed by atoms with Crippen LogP contribution in [0.3, 0.4) is 0 Å². The van der Waals surface area contributed by atoms with Gasteiger partial charge in [-0.3, -0.25) is 0 Å². The van der Waals surface area contributed by atoms with Crippen molar-refractivity contribution in [2.24, 2.45) is 0 Å². The van der Waals surface area contributed by atoms with Crippen molar-refractivity contribution in [3.63, 3.8) is 0 Å². The van der Waals surface area contributed by atoms with Crippen molar-refractivity contribution in [2.45, 2.75) is 0 Å². The zero-order valence-electron chi connectivity index (χ0n) is 15.8. The number of fused-ring (bicyclic) bond motifs is 4. The third-order valence-electron chi connectivity index (χ3n) is 5.56. The summed E-state index contributed by atoms with van der Waals surface area (Å²) in [5.41, 5.74) is 2.20. The molecule has 133 valence electrons. The molecule has 0 aliphatic carbocycles. The second-order valence-electron chi connectivity index (χ2n) is 7.30. The molecule has 0 nitrogen and oxygen atoms in total. The number of rotatable bonds is 1. The molecule has 0 aliphatic heterocycles. The topological polar surface area (TPSA) is 0 Å². The summed E-state index contributed by atoms with van der Waals surface area (Å²) in [6, 6.07) is 41.6. The predicted molar refractivity (Wildman–Crippen MR) is 120 cm³/mol. The van der Waals surface area contributed by atoms with Crippen LogP contribution in [0.2, 0.25) is 0 Å². The predicted octanol–water partition coefficient (Wildman–Crippen LogP) is 7.56. The van der Waals surface area contributed by atoms with E-state index in [1.54, 1.807) is 0 Å². The van der Waals surface area contributed by atoms with Crippen molar-refractivity contribution < 1.29 is 32.7 Å². The normalized spacial score (nSPS) is 11.2. The average molecular weight is 441 g/mol. The second-order valence-corrected chi connectivity index (χ2v) is 7.30. The summed E-state index contributed by atoms with van der Waals surface area (Å²) in [4.78, 5) is 0. The van der Waals surface area contributed by atoms with Gasteiger partial charge in [0.2, 0.25) is 0 Å². The molecule has 0 saturated carbocycles. The molecule has 0 bridgehead atoms. The van der Waals surface area contributed by atoms with Gasteiger partial charge in [-0.1, -0.05) is 65.4 Å². The van der Waals surface area contributed by atoms with Crippen LogP contribution in [0.4, 0.5) is 0 Å². The fraction of sp³-hybridized carbons (Fsp3) is 0. The van der Waals surface area contributed by atoms with E-state index >= 15 is 0 Å². The molecule has 1 heteroatoms. The molecular formula is C28H16Y-2. The minimum absolute atomic E-state index is 0. The van der Waals surface area contributed by atoms with Crippen molar-refractivity contribution in [1.29, 1.82) is 0 Å². The maximum Gasteiger partial charge on any atom is 0 e. The maximum absolute atomic E-state index is 3.64. The fourth-order valence-electron chi connectivity index (χ4n) is 4.15. The van der Waals surface area contributed by atoms with Crippen LogP contribution in [-0.2, 0) is 32.7 Å². The monoisotopic (exact) mass is 441 g/mol. The van der Waals surface area contributed by atoms with E-state index in [1.165, 1.54) is 37.7 Å². The molecule has 0 spiro atoms. The van der Waals surface area contributed by atoms with Gasteiger partial charge in [-0.25, -0.2) is 5.56 Å². The Labute approximate surface area is 195 Å². The van der Waals surface area contributed by atoms with Crippen molar-refractivity contribution in [3.05, 3.63) is 109 Å². The molecule has 0 amide bonds. The summed E-state index contributed by atoms with van der Waals surface area (Å²) in [6.07, 6.45) is 0. The smallest absolute Gasteiger partial charge is 0 e. The quantitative estimate of drug-likeness (QED) is 0.182. The third kappa shape index (κ3) is 3.17. The first-order valence-electron chi connectivity index (χ1n) is 9.54. The van der Waals surface area contributed by atoms with E-state index in [0.717, 1.165) is 16.5 Å². The van der Waals surface area contributed by atoms with Gasteiger partial charge >= 0.3 is 0 Å². The Morgan fingerprint density at radius 3 is 1.97 bits per heavy atom. The molecule has 1 radical (unpaired) electrons. The first-order valence-corrected chi connectivity index (χ1v) is 9.54. The van der Waals surface area contributed by atoms with Crippen LogP contribution in [0.25, 0.3) is 54.2 Å². The zero-order chi connectivity index (χ0) is 18.5. The van der Waals surface area contributed by atoms with E-state index in [4.69, 9.17) is 0 Å². The number of hydrogen-bond acceptors (Lipinski definition) is 0. The van der Waals surface area contributed by atoms with Gasteiger partial charge in [-0.15, -0.1) is 40.4 Å². The second kappa shape index (κ2) is 7.37. The molecule has 6 rings (SSSR count). The van der Waals surface area contributed by atoms with Crippen LogP contribution in [0.5, 0.6) is 0 Å². The van der Waals surface area contributed by atoms with Gasteiger partial charge in [0, 0.05) is 32.7 Å². The van der Waals surface area contributed by atoms with Gasteiger partial charge in [0.1, 0.15) is 0 Å².